The highest BCUT2D eigenvalue weighted by molar-refractivity contribution is 5.80. The van der Waals surface area contributed by atoms with Gasteiger partial charge in [-0.1, -0.05) is 6.07 Å². The van der Waals surface area contributed by atoms with Gasteiger partial charge in [0.2, 0.25) is 5.91 Å². The minimum Gasteiger partial charge on any atom is -0.369 e. The smallest absolute Gasteiger partial charge is 0.369 e. The number of nitrogens with two attached hydrogens (primary N) is 1. The van der Waals surface area contributed by atoms with Crippen molar-refractivity contribution in [3.63, 3.8) is 0 Å². The van der Waals surface area contributed by atoms with Crippen LogP contribution in [0.15, 0.2) is 18.2 Å². The Kier molecular flexibility index (Phi) is 4.75. The summed E-state index contributed by atoms with van der Waals surface area (Å²) in [4.78, 5) is 11.1. The van der Waals surface area contributed by atoms with Crippen molar-refractivity contribution in [3.05, 3.63) is 35.1 Å². The number of alkyl halides is 3. The normalized spacial score (nSPS) is 12.5. The molecule has 1 amide bonds. The first-order valence-corrected chi connectivity index (χ1v) is 5.90. The number of primary amides is 1. The number of rotatable bonds is 5. The molecular weight excluding hydrogens is 276 g/mol. The monoisotopic (exact) mass is 292 g/mol. The molecule has 0 saturated carbocycles. The minimum atomic E-state index is -4.63. The largest absolute Gasteiger partial charge is 0.416 e. The average Bonchev–Trinajstić information content (AvgIpc) is 2.29. The van der Waals surface area contributed by atoms with Gasteiger partial charge in [-0.15, -0.1) is 0 Å². The lowest BCUT2D eigenvalue weighted by Crippen LogP contribution is -2.40. The Morgan fingerprint density at radius 2 is 1.90 bits per heavy atom. The number of halogens is 4. The van der Waals surface area contributed by atoms with E-state index in [1.807, 2.05) is 0 Å². The summed E-state index contributed by atoms with van der Waals surface area (Å²) < 4.78 is 51.2. The zero-order chi connectivity index (χ0) is 15.6. The van der Waals surface area contributed by atoms with Crippen LogP contribution >= 0.6 is 0 Å². The number of carbonyl (C=O) groups is 1. The fourth-order valence-electron chi connectivity index (χ4n) is 1.56. The molecule has 0 bridgehead atoms. The molecule has 7 heteroatoms. The number of hydrogen-bond donors (Lipinski definition) is 2. The van der Waals surface area contributed by atoms with E-state index >= 15 is 0 Å². The second-order valence-corrected chi connectivity index (χ2v) is 5.15. The van der Waals surface area contributed by atoms with Gasteiger partial charge in [-0.2, -0.15) is 13.2 Å². The van der Waals surface area contributed by atoms with E-state index in [1.54, 1.807) is 13.8 Å². The summed E-state index contributed by atoms with van der Waals surface area (Å²) in [5, 5.41) is 2.73. The molecule has 20 heavy (non-hydrogen) atoms. The van der Waals surface area contributed by atoms with Crippen LogP contribution in [-0.4, -0.2) is 12.5 Å². The van der Waals surface area contributed by atoms with Crippen LogP contribution in [-0.2, 0) is 17.5 Å². The van der Waals surface area contributed by atoms with E-state index in [-0.39, 0.29) is 18.7 Å². The lowest BCUT2D eigenvalue weighted by molar-refractivity contribution is -0.138. The number of nitrogens with one attached hydrogen (secondary N) is 1. The number of amides is 1. The van der Waals surface area contributed by atoms with E-state index in [0.29, 0.717) is 6.07 Å². The van der Waals surface area contributed by atoms with Crippen LogP contribution in [0.1, 0.15) is 25.0 Å². The fourth-order valence-corrected chi connectivity index (χ4v) is 1.56. The molecule has 0 heterocycles. The zero-order valence-corrected chi connectivity index (χ0v) is 11.1. The first-order valence-electron chi connectivity index (χ1n) is 5.90. The first kappa shape index (κ1) is 16.4. The van der Waals surface area contributed by atoms with Gasteiger partial charge in [0.1, 0.15) is 5.82 Å². The molecule has 0 saturated heterocycles. The molecule has 1 rings (SSSR count). The van der Waals surface area contributed by atoms with Gasteiger partial charge in [0.25, 0.3) is 0 Å². The first-order chi connectivity index (χ1) is 9.04. The van der Waals surface area contributed by atoms with Crippen LogP contribution in [0.4, 0.5) is 17.6 Å². The minimum absolute atomic E-state index is 0.0841. The molecule has 0 aliphatic heterocycles. The topological polar surface area (TPSA) is 55.1 Å². The molecular formula is C13H16F4N2O. The molecule has 1 aromatic rings. The maximum absolute atomic E-state index is 12.9. The van der Waals surface area contributed by atoms with Crippen LogP contribution in [0.3, 0.4) is 0 Å². The van der Waals surface area contributed by atoms with E-state index < -0.39 is 28.9 Å². The summed E-state index contributed by atoms with van der Waals surface area (Å²) >= 11 is 0. The Morgan fingerprint density at radius 3 is 2.40 bits per heavy atom. The lowest BCUT2D eigenvalue weighted by atomic mass is 9.92. The van der Waals surface area contributed by atoms with Crippen LogP contribution in [0.5, 0.6) is 0 Å². The predicted molar refractivity (Wildman–Crippen MR) is 66.1 cm³/mol. The van der Waals surface area contributed by atoms with E-state index in [0.717, 1.165) is 12.1 Å². The molecule has 0 unspecified atom stereocenters. The van der Waals surface area contributed by atoms with E-state index in [2.05, 4.69) is 5.32 Å². The maximum Gasteiger partial charge on any atom is 0.416 e. The second kappa shape index (κ2) is 5.78. The molecule has 0 fully saturated rings. The predicted octanol–water partition coefficient (Wildman–Crippen LogP) is 2.45. The van der Waals surface area contributed by atoms with Gasteiger partial charge in [-0.05, 0) is 31.5 Å². The van der Waals surface area contributed by atoms with Gasteiger partial charge in [0.05, 0.1) is 11.0 Å². The van der Waals surface area contributed by atoms with Crippen molar-refractivity contribution in [1.82, 2.24) is 5.32 Å². The summed E-state index contributed by atoms with van der Waals surface area (Å²) in [6.45, 7) is 3.15. The van der Waals surface area contributed by atoms with Gasteiger partial charge < -0.3 is 11.1 Å². The quantitative estimate of drug-likeness (QED) is 0.819. The Labute approximate surface area is 114 Å². The van der Waals surface area contributed by atoms with E-state index in [4.69, 9.17) is 5.73 Å². The molecule has 0 radical (unpaired) electrons. The summed E-state index contributed by atoms with van der Waals surface area (Å²) in [5.74, 6) is -1.50. The van der Waals surface area contributed by atoms with Crippen molar-refractivity contribution >= 4 is 5.91 Å². The molecule has 112 valence electrons. The second-order valence-electron chi connectivity index (χ2n) is 5.15. The molecule has 0 aromatic heterocycles. The highest BCUT2D eigenvalue weighted by atomic mass is 19.4. The number of hydrogen-bond acceptors (Lipinski definition) is 2. The third kappa shape index (κ3) is 4.19. The molecule has 0 spiro atoms. The van der Waals surface area contributed by atoms with Crippen LogP contribution in [0.25, 0.3) is 0 Å². The zero-order valence-electron chi connectivity index (χ0n) is 11.1. The third-order valence-corrected chi connectivity index (χ3v) is 2.93. The molecule has 0 aliphatic rings. The maximum atomic E-state index is 12.9. The Bertz CT molecular complexity index is 498. The average molecular weight is 292 g/mol. The Balaban J connectivity index is 2.82. The molecule has 0 aliphatic carbocycles. The van der Waals surface area contributed by atoms with Gasteiger partial charge in [0.15, 0.2) is 0 Å². The highest BCUT2D eigenvalue weighted by Gasteiger charge is 2.33. The van der Waals surface area contributed by atoms with Crippen molar-refractivity contribution in [2.45, 2.75) is 26.6 Å². The van der Waals surface area contributed by atoms with Crippen molar-refractivity contribution < 1.29 is 22.4 Å². The standard InChI is InChI=1S/C13H16F4N2O/c1-12(2,11(18)20)7-19-6-8-3-4-9(14)5-10(8)13(15,16)17/h3-5,19H,6-7H2,1-2H3,(H2,18,20). The third-order valence-electron chi connectivity index (χ3n) is 2.93. The lowest BCUT2D eigenvalue weighted by Gasteiger charge is -2.21. The van der Waals surface area contributed by atoms with Gasteiger partial charge in [0, 0.05) is 13.1 Å². The van der Waals surface area contributed by atoms with Crippen LogP contribution in [0, 0.1) is 11.2 Å². The van der Waals surface area contributed by atoms with Gasteiger partial charge >= 0.3 is 6.18 Å². The molecule has 3 N–H and O–H groups in total. The Morgan fingerprint density at radius 1 is 1.30 bits per heavy atom. The fraction of sp³-hybridized carbons (Fsp3) is 0.462. The number of benzene rings is 1. The van der Waals surface area contributed by atoms with Crippen molar-refractivity contribution in [3.8, 4) is 0 Å². The summed E-state index contributed by atoms with van der Waals surface area (Å²) in [6, 6.07) is 2.49. The van der Waals surface area contributed by atoms with Crippen molar-refractivity contribution in [2.24, 2.45) is 11.1 Å². The molecule has 1 aromatic carbocycles. The van der Waals surface area contributed by atoms with Gasteiger partial charge in [-0.25, -0.2) is 4.39 Å². The molecule has 3 nitrogen and oxygen atoms in total. The van der Waals surface area contributed by atoms with Crippen LogP contribution in [0.2, 0.25) is 0 Å². The summed E-state index contributed by atoms with van der Waals surface area (Å²) in [7, 11) is 0. The highest BCUT2D eigenvalue weighted by Crippen LogP contribution is 2.32. The molecule has 0 atom stereocenters. The Hall–Kier alpha value is -1.63. The van der Waals surface area contributed by atoms with Crippen molar-refractivity contribution in [2.75, 3.05) is 6.54 Å². The van der Waals surface area contributed by atoms with Crippen molar-refractivity contribution in [1.29, 1.82) is 0 Å². The summed E-state index contributed by atoms with van der Waals surface area (Å²) in [5.41, 5.74) is 3.17. The number of carbonyl (C=O) groups excluding carboxylic acids is 1. The van der Waals surface area contributed by atoms with E-state index in [1.165, 1.54) is 0 Å². The van der Waals surface area contributed by atoms with Gasteiger partial charge in [-0.3, -0.25) is 4.79 Å². The van der Waals surface area contributed by atoms with E-state index in [9.17, 15) is 22.4 Å². The SMILES string of the molecule is CC(C)(CNCc1ccc(F)cc1C(F)(F)F)C(N)=O. The summed E-state index contributed by atoms with van der Waals surface area (Å²) in [6.07, 6.45) is -4.63. The van der Waals surface area contributed by atoms with Crippen LogP contribution < -0.4 is 11.1 Å².